The maximum atomic E-state index is 6.57. The standard InChI is InChI=1S/C17H27NO2/c1-4-12-7-5-6-8-16(12)17(18)13-9-14(19-2)11-15(10-13)20-3/h9-12,16-17H,4-8,18H2,1-3H3. The van der Waals surface area contributed by atoms with E-state index in [2.05, 4.69) is 19.1 Å². The summed E-state index contributed by atoms with van der Waals surface area (Å²) in [6.07, 6.45) is 6.42. The van der Waals surface area contributed by atoms with E-state index in [4.69, 9.17) is 15.2 Å². The summed E-state index contributed by atoms with van der Waals surface area (Å²) < 4.78 is 10.7. The molecule has 3 unspecified atom stereocenters. The van der Waals surface area contributed by atoms with Crippen molar-refractivity contribution < 1.29 is 9.47 Å². The first kappa shape index (κ1) is 15.2. The Morgan fingerprint density at radius 1 is 1.10 bits per heavy atom. The predicted octanol–water partition coefficient (Wildman–Crippen LogP) is 3.92. The van der Waals surface area contributed by atoms with E-state index in [1.165, 1.54) is 32.1 Å². The van der Waals surface area contributed by atoms with Crippen LogP contribution in [-0.2, 0) is 0 Å². The molecule has 3 atom stereocenters. The molecule has 1 saturated carbocycles. The Balaban J connectivity index is 2.24. The van der Waals surface area contributed by atoms with Gasteiger partial charge in [-0.1, -0.05) is 32.6 Å². The Labute approximate surface area is 122 Å². The van der Waals surface area contributed by atoms with Gasteiger partial charge >= 0.3 is 0 Å². The van der Waals surface area contributed by atoms with Crippen molar-refractivity contribution in [2.75, 3.05) is 14.2 Å². The molecule has 0 saturated heterocycles. The maximum Gasteiger partial charge on any atom is 0.122 e. The molecule has 0 amide bonds. The summed E-state index contributed by atoms with van der Waals surface area (Å²) in [4.78, 5) is 0. The third-order valence-electron chi connectivity index (χ3n) is 4.71. The molecule has 1 aromatic rings. The Bertz CT molecular complexity index is 411. The summed E-state index contributed by atoms with van der Waals surface area (Å²) in [7, 11) is 3.36. The molecule has 3 heteroatoms. The molecule has 112 valence electrons. The third kappa shape index (κ3) is 3.26. The van der Waals surface area contributed by atoms with Gasteiger partial charge in [-0.3, -0.25) is 0 Å². The van der Waals surface area contributed by atoms with Gasteiger partial charge in [0, 0.05) is 12.1 Å². The fraction of sp³-hybridized carbons (Fsp3) is 0.647. The number of methoxy groups -OCH3 is 2. The van der Waals surface area contributed by atoms with Gasteiger partial charge < -0.3 is 15.2 Å². The molecule has 3 nitrogen and oxygen atoms in total. The minimum atomic E-state index is 0.0734. The number of hydrogen-bond acceptors (Lipinski definition) is 3. The van der Waals surface area contributed by atoms with E-state index < -0.39 is 0 Å². The largest absolute Gasteiger partial charge is 0.497 e. The van der Waals surface area contributed by atoms with Gasteiger partial charge in [-0.25, -0.2) is 0 Å². The average Bonchev–Trinajstić information content (AvgIpc) is 2.53. The zero-order valence-electron chi connectivity index (χ0n) is 12.9. The second-order valence-corrected chi connectivity index (χ2v) is 5.79. The zero-order valence-corrected chi connectivity index (χ0v) is 12.9. The van der Waals surface area contributed by atoms with E-state index in [-0.39, 0.29) is 6.04 Å². The molecule has 20 heavy (non-hydrogen) atoms. The van der Waals surface area contributed by atoms with E-state index >= 15 is 0 Å². The highest BCUT2D eigenvalue weighted by atomic mass is 16.5. The first-order valence-corrected chi connectivity index (χ1v) is 7.68. The summed E-state index contributed by atoms with van der Waals surface area (Å²) in [5, 5.41) is 0. The number of hydrogen-bond donors (Lipinski definition) is 1. The van der Waals surface area contributed by atoms with Gasteiger partial charge in [-0.2, -0.15) is 0 Å². The van der Waals surface area contributed by atoms with Crippen molar-refractivity contribution >= 4 is 0 Å². The van der Waals surface area contributed by atoms with Crippen LogP contribution in [0.1, 0.15) is 50.6 Å². The van der Waals surface area contributed by atoms with Gasteiger partial charge in [0.15, 0.2) is 0 Å². The second-order valence-electron chi connectivity index (χ2n) is 5.79. The first-order chi connectivity index (χ1) is 9.69. The molecule has 0 spiro atoms. The molecule has 1 fully saturated rings. The Kier molecular flexibility index (Phi) is 5.30. The van der Waals surface area contributed by atoms with Gasteiger partial charge in [-0.05, 0) is 36.0 Å². The van der Waals surface area contributed by atoms with Gasteiger partial charge in [-0.15, -0.1) is 0 Å². The molecule has 1 aliphatic rings. The fourth-order valence-corrected chi connectivity index (χ4v) is 3.49. The Morgan fingerprint density at radius 2 is 1.70 bits per heavy atom. The molecule has 0 heterocycles. The van der Waals surface area contributed by atoms with Crippen LogP contribution in [0.25, 0.3) is 0 Å². The average molecular weight is 277 g/mol. The summed E-state index contributed by atoms with van der Waals surface area (Å²) in [6, 6.07) is 6.07. The van der Waals surface area contributed by atoms with E-state index in [9.17, 15) is 0 Å². The van der Waals surface area contributed by atoms with Crippen LogP contribution in [0, 0.1) is 11.8 Å². The van der Waals surface area contributed by atoms with Crippen LogP contribution in [0.5, 0.6) is 11.5 Å². The van der Waals surface area contributed by atoms with Crippen LogP contribution in [0.2, 0.25) is 0 Å². The number of nitrogens with two attached hydrogens (primary N) is 1. The molecule has 0 aliphatic heterocycles. The minimum absolute atomic E-state index is 0.0734. The van der Waals surface area contributed by atoms with Crippen molar-refractivity contribution in [3.05, 3.63) is 23.8 Å². The lowest BCUT2D eigenvalue weighted by Crippen LogP contribution is -2.30. The molecule has 2 rings (SSSR count). The van der Waals surface area contributed by atoms with E-state index in [1.54, 1.807) is 14.2 Å². The number of ether oxygens (including phenoxy) is 2. The molecule has 1 aliphatic carbocycles. The van der Waals surface area contributed by atoms with Gasteiger partial charge in [0.05, 0.1) is 14.2 Å². The minimum Gasteiger partial charge on any atom is -0.497 e. The quantitative estimate of drug-likeness (QED) is 0.887. The van der Waals surface area contributed by atoms with Crippen molar-refractivity contribution in [2.45, 2.75) is 45.1 Å². The zero-order chi connectivity index (χ0) is 14.5. The highest BCUT2D eigenvalue weighted by Gasteiger charge is 2.30. The summed E-state index contributed by atoms with van der Waals surface area (Å²) in [5.74, 6) is 2.96. The first-order valence-electron chi connectivity index (χ1n) is 7.68. The number of benzene rings is 1. The molecule has 0 bridgehead atoms. The van der Waals surface area contributed by atoms with E-state index in [0.29, 0.717) is 5.92 Å². The highest BCUT2D eigenvalue weighted by Crippen LogP contribution is 2.40. The molecular weight excluding hydrogens is 250 g/mol. The normalized spacial score (nSPS) is 24.2. The molecule has 2 N–H and O–H groups in total. The summed E-state index contributed by atoms with van der Waals surface area (Å²) >= 11 is 0. The van der Waals surface area contributed by atoms with Crippen molar-refractivity contribution in [3.63, 3.8) is 0 Å². The van der Waals surface area contributed by atoms with Crippen LogP contribution in [0.3, 0.4) is 0 Å². The monoisotopic (exact) mass is 277 g/mol. The van der Waals surface area contributed by atoms with Crippen LogP contribution < -0.4 is 15.2 Å². The SMILES string of the molecule is CCC1CCCCC1C(N)c1cc(OC)cc(OC)c1. The fourth-order valence-electron chi connectivity index (χ4n) is 3.49. The van der Waals surface area contributed by atoms with Crippen LogP contribution in [0.4, 0.5) is 0 Å². The lowest BCUT2D eigenvalue weighted by molar-refractivity contribution is 0.196. The van der Waals surface area contributed by atoms with Crippen LogP contribution in [0.15, 0.2) is 18.2 Å². The van der Waals surface area contributed by atoms with E-state index in [1.807, 2.05) is 6.07 Å². The van der Waals surface area contributed by atoms with Crippen molar-refractivity contribution in [3.8, 4) is 11.5 Å². The summed E-state index contributed by atoms with van der Waals surface area (Å²) in [6.45, 7) is 2.28. The highest BCUT2D eigenvalue weighted by molar-refractivity contribution is 5.40. The maximum absolute atomic E-state index is 6.57. The van der Waals surface area contributed by atoms with E-state index in [0.717, 1.165) is 23.0 Å². The van der Waals surface area contributed by atoms with Crippen LogP contribution in [-0.4, -0.2) is 14.2 Å². The topological polar surface area (TPSA) is 44.5 Å². The van der Waals surface area contributed by atoms with Gasteiger partial charge in [0.1, 0.15) is 11.5 Å². The van der Waals surface area contributed by atoms with Crippen molar-refractivity contribution in [1.82, 2.24) is 0 Å². The lowest BCUT2D eigenvalue weighted by Gasteiger charge is -2.35. The molecule has 0 radical (unpaired) electrons. The second kappa shape index (κ2) is 6.98. The summed E-state index contributed by atoms with van der Waals surface area (Å²) in [5.41, 5.74) is 7.70. The Hall–Kier alpha value is -1.22. The molecule has 1 aromatic carbocycles. The Morgan fingerprint density at radius 3 is 2.25 bits per heavy atom. The smallest absolute Gasteiger partial charge is 0.122 e. The van der Waals surface area contributed by atoms with Crippen molar-refractivity contribution in [2.24, 2.45) is 17.6 Å². The van der Waals surface area contributed by atoms with Gasteiger partial charge in [0.2, 0.25) is 0 Å². The molecular formula is C17H27NO2. The third-order valence-corrected chi connectivity index (χ3v) is 4.71. The van der Waals surface area contributed by atoms with Crippen LogP contribution >= 0.6 is 0 Å². The van der Waals surface area contributed by atoms with Crippen molar-refractivity contribution in [1.29, 1.82) is 0 Å². The number of rotatable bonds is 5. The van der Waals surface area contributed by atoms with Gasteiger partial charge in [0.25, 0.3) is 0 Å². The lowest BCUT2D eigenvalue weighted by atomic mass is 9.72. The predicted molar refractivity (Wildman–Crippen MR) is 82.2 cm³/mol. The molecule has 0 aromatic heterocycles.